The van der Waals surface area contributed by atoms with Crippen LogP contribution in [0, 0.1) is 0 Å². The van der Waals surface area contributed by atoms with Crippen LogP contribution in [0.1, 0.15) is 16.3 Å². The Balaban J connectivity index is 1.91. The van der Waals surface area contributed by atoms with Crippen molar-refractivity contribution in [1.29, 1.82) is 0 Å². The van der Waals surface area contributed by atoms with E-state index in [-0.39, 0.29) is 6.61 Å². The molecule has 102 valence electrons. The van der Waals surface area contributed by atoms with E-state index in [4.69, 9.17) is 23.7 Å². The van der Waals surface area contributed by atoms with E-state index in [9.17, 15) is 4.79 Å². The first-order valence-electron chi connectivity index (χ1n) is 5.75. The standard InChI is InChI=1S/C12H18O6/c13-3-4-15-5-6-16-7-8-17-10-12-2-1-11(9-14)18-12/h1-2,9,13H,3-8,10H2. The van der Waals surface area contributed by atoms with Gasteiger partial charge in [-0.2, -0.15) is 0 Å². The van der Waals surface area contributed by atoms with Crippen molar-refractivity contribution < 1.29 is 28.5 Å². The second-order valence-corrected chi connectivity index (χ2v) is 3.42. The normalized spacial score (nSPS) is 10.7. The summed E-state index contributed by atoms with van der Waals surface area (Å²) in [6, 6.07) is 3.30. The molecule has 0 fully saturated rings. The fourth-order valence-electron chi connectivity index (χ4n) is 1.21. The van der Waals surface area contributed by atoms with E-state index in [1.807, 2.05) is 0 Å². The summed E-state index contributed by atoms with van der Waals surface area (Å²) in [5.41, 5.74) is 0. The van der Waals surface area contributed by atoms with E-state index in [2.05, 4.69) is 0 Å². The number of rotatable bonds is 11. The van der Waals surface area contributed by atoms with Crippen LogP contribution >= 0.6 is 0 Å². The zero-order chi connectivity index (χ0) is 13.1. The van der Waals surface area contributed by atoms with Gasteiger partial charge in [0.15, 0.2) is 12.0 Å². The highest BCUT2D eigenvalue weighted by Gasteiger charge is 2.00. The van der Waals surface area contributed by atoms with Crippen molar-refractivity contribution in [2.45, 2.75) is 6.61 Å². The molecule has 6 nitrogen and oxygen atoms in total. The number of aliphatic hydroxyl groups excluding tert-OH is 1. The van der Waals surface area contributed by atoms with Crippen LogP contribution in [0.4, 0.5) is 0 Å². The molecular formula is C12H18O6. The maximum absolute atomic E-state index is 10.4. The van der Waals surface area contributed by atoms with Gasteiger partial charge in [-0.1, -0.05) is 0 Å². The van der Waals surface area contributed by atoms with Crippen LogP contribution in [0.5, 0.6) is 0 Å². The van der Waals surface area contributed by atoms with Crippen molar-refractivity contribution in [2.24, 2.45) is 0 Å². The second-order valence-electron chi connectivity index (χ2n) is 3.42. The highest BCUT2D eigenvalue weighted by atomic mass is 16.5. The number of aliphatic hydroxyl groups is 1. The molecule has 1 N–H and O–H groups in total. The molecule has 1 heterocycles. The van der Waals surface area contributed by atoms with Crippen LogP contribution < -0.4 is 0 Å². The smallest absolute Gasteiger partial charge is 0.185 e. The highest BCUT2D eigenvalue weighted by Crippen LogP contribution is 2.06. The first-order chi connectivity index (χ1) is 8.86. The van der Waals surface area contributed by atoms with Gasteiger partial charge in [-0.15, -0.1) is 0 Å². The highest BCUT2D eigenvalue weighted by molar-refractivity contribution is 5.70. The monoisotopic (exact) mass is 258 g/mol. The summed E-state index contributed by atoms with van der Waals surface area (Å²) in [5, 5.41) is 8.45. The molecule has 0 saturated carbocycles. The number of carbonyl (C=O) groups excluding carboxylic acids is 1. The molecule has 0 aliphatic rings. The van der Waals surface area contributed by atoms with Crippen molar-refractivity contribution in [3.8, 4) is 0 Å². The summed E-state index contributed by atoms with van der Waals surface area (Å²) in [5.74, 6) is 0.911. The Labute approximate surface area is 105 Å². The number of ether oxygens (including phenoxy) is 3. The SMILES string of the molecule is O=Cc1ccc(COCCOCCOCCO)o1. The fraction of sp³-hybridized carbons (Fsp3) is 0.583. The van der Waals surface area contributed by atoms with Gasteiger partial charge >= 0.3 is 0 Å². The molecule has 0 aliphatic heterocycles. The predicted octanol–water partition coefficient (Wildman–Crippen LogP) is 0.634. The fourth-order valence-corrected chi connectivity index (χ4v) is 1.21. The minimum atomic E-state index is 0.0229. The minimum absolute atomic E-state index is 0.0229. The lowest BCUT2D eigenvalue weighted by Gasteiger charge is -2.05. The largest absolute Gasteiger partial charge is 0.456 e. The average molecular weight is 258 g/mol. The summed E-state index contributed by atoms with van der Waals surface area (Å²) < 4.78 is 20.7. The molecular weight excluding hydrogens is 240 g/mol. The summed E-state index contributed by atoms with van der Waals surface area (Å²) >= 11 is 0. The minimum Gasteiger partial charge on any atom is -0.456 e. The van der Waals surface area contributed by atoms with Gasteiger partial charge in [-0.25, -0.2) is 0 Å². The molecule has 0 unspecified atom stereocenters. The number of hydrogen-bond donors (Lipinski definition) is 1. The Morgan fingerprint density at radius 2 is 1.72 bits per heavy atom. The van der Waals surface area contributed by atoms with E-state index in [0.717, 1.165) is 0 Å². The first kappa shape index (κ1) is 14.8. The lowest BCUT2D eigenvalue weighted by Crippen LogP contribution is -2.10. The third-order valence-electron chi connectivity index (χ3n) is 2.02. The second kappa shape index (κ2) is 9.78. The topological polar surface area (TPSA) is 78.1 Å². The lowest BCUT2D eigenvalue weighted by molar-refractivity contribution is 0.00201. The number of furan rings is 1. The van der Waals surface area contributed by atoms with Gasteiger partial charge in [0.1, 0.15) is 12.4 Å². The van der Waals surface area contributed by atoms with Crippen LogP contribution in [0.3, 0.4) is 0 Å². The van der Waals surface area contributed by atoms with E-state index < -0.39 is 0 Å². The zero-order valence-electron chi connectivity index (χ0n) is 10.2. The molecule has 18 heavy (non-hydrogen) atoms. The van der Waals surface area contributed by atoms with Gasteiger partial charge in [-0.05, 0) is 12.1 Å². The third-order valence-corrected chi connectivity index (χ3v) is 2.02. The zero-order valence-corrected chi connectivity index (χ0v) is 10.2. The Bertz CT molecular complexity index is 322. The van der Waals surface area contributed by atoms with Gasteiger partial charge in [0, 0.05) is 0 Å². The van der Waals surface area contributed by atoms with Gasteiger partial charge in [0.05, 0.1) is 39.6 Å². The Morgan fingerprint density at radius 3 is 2.33 bits per heavy atom. The predicted molar refractivity (Wildman–Crippen MR) is 62.5 cm³/mol. The molecule has 0 aliphatic carbocycles. The molecule has 0 bridgehead atoms. The van der Waals surface area contributed by atoms with Crippen LogP contribution in [0.15, 0.2) is 16.5 Å². The van der Waals surface area contributed by atoms with Crippen molar-refractivity contribution in [3.05, 3.63) is 23.7 Å². The number of hydrogen-bond acceptors (Lipinski definition) is 6. The number of aldehydes is 1. The molecule has 0 spiro atoms. The lowest BCUT2D eigenvalue weighted by atomic mass is 10.4. The quantitative estimate of drug-likeness (QED) is 0.463. The van der Waals surface area contributed by atoms with Gasteiger partial charge in [0.2, 0.25) is 0 Å². The van der Waals surface area contributed by atoms with Crippen molar-refractivity contribution in [2.75, 3.05) is 39.6 Å². The maximum Gasteiger partial charge on any atom is 0.185 e. The van der Waals surface area contributed by atoms with E-state index >= 15 is 0 Å². The maximum atomic E-state index is 10.4. The van der Waals surface area contributed by atoms with Gasteiger partial charge in [-0.3, -0.25) is 4.79 Å². The Morgan fingerprint density at radius 1 is 1.06 bits per heavy atom. The van der Waals surface area contributed by atoms with E-state index in [1.54, 1.807) is 12.1 Å². The van der Waals surface area contributed by atoms with Crippen LogP contribution in [0.25, 0.3) is 0 Å². The molecule has 6 heteroatoms. The van der Waals surface area contributed by atoms with Gasteiger partial charge < -0.3 is 23.7 Å². The van der Waals surface area contributed by atoms with Crippen molar-refractivity contribution in [1.82, 2.24) is 0 Å². The van der Waals surface area contributed by atoms with E-state index in [1.165, 1.54) is 0 Å². The summed E-state index contributed by atoms with van der Waals surface area (Å²) in [4.78, 5) is 10.4. The summed E-state index contributed by atoms with van der Waals surface area (Å²) in [7, 11) is 0. The third kappa shape index (κ3) is 6.51. The first-order valence-corrected chi connectivity index (χ1v) is 5.75. The van der Waals surface area contributed by atoms with Crippen LogP contribution in [-0.2, 0) is 20.8 Å². The Hall–Kier alpha value is -1.21. The van der Waals surface area contributed by atoms with Crippen LogP contribution in [-0.4, -0.2) is 51.0 Å². The molecule has 0 aromatic carbocycles. The number of carbonyl (C=O) groups is 1. The van der Waals surface area contributed by atoms with Crippen molar-refractivity contribution >= 4 is 6.29 Å². The van der Waals surface area contributed by atoms with Gasteiger partial charge in [0.25, 0.3) is 0 Å². The molecule has 1 aromatic rings. The molecule has 1 aromatic heterocycles. The molecule has 1 rings (SSSR count). The summed E-state index contributed by atoms with van der Waals surface area (Å²) in [6.07, 6.45) is 0.652. The van der Waals surface area contributed by atoms with Crippen LogP contribution in [0.2, 0.25) is 0 Å². The van der Waals surface area contributed by atoms with E-state index in [0.29, 0.717) is 57.4 Å². The average Bonchev–Trinajstić information content (AvgIpc) is 2.85. The molecule has 0 amide bonds. The Kier molecular flexibility index (Phi) is 8.07. The molecule has 0 radical (unpaired) electrons. The van der Waals surface area contributed by atoms with Crippen molar-refractivity contribution in [3.63, 3.8) is 0 Å². The summed E-state index contributed by atoms with van der Waals surface area (Å²) in [6.45, 7) is 2.51. The molecule has 0 saturated heterocycles. The molecule has 0 atom stereocenters.